The standard InChI is InChI=1S/C21H27F3N4O2S/c1-13(11-30-14-3-4-14)10-27-5-7-28(8-6-27)17-9-16(21(22,23)24)19-18(26-17)15(12-31-19)20(29)25-2/h9,12-14H,3-8,10-11H2,1-2H3,(H,25,29)/t13-/m1/s1. The smallest absolute Gasteiger partial charge is 0.378 e. The topological polar surface area (TPSA) is 57.7 Å². The molecule has 31 heavy (non-hydrogen) atoms. The Labute approximate surface area is 183 Å². The number of anilines is 1. The van der Waals surface area contributed by atoms with Gasteiger partial charge in [-0.3, -0.25) is 9.69 Å². The van der Waals surface area contributed by atoms with E-state index in [0.29, 0.717) is 25.1 Å². The van der Waals surface area contributed by atoms with E-state index in [4.69, 9.17) is 4.74 Å². The SMILES string of the molecule is CNC(=O)c1csc2c(C(F)(F)F)cc(N3CCN(C[C@@H](C)COC4CC4)CC3)nc12. The Morgan fingerprint density at radius 1 is 1.32 bits per heavy atom. The highest BCUT2D eigenvalue weighted by Gasteiger charge is 2.36. The van der Waals surface area contributed by atoms with Gasteiger partial charge in [0.25, 0.3) is 5.91 Å². The summed E-state index contributed by atoms with van der Waals surface area (Å²) in [4.78, 5) is 20.8. The van der Waals surface area contributed by atoms with Crippen LogP contribution >= 0.6 is 11.3 Å². The van der Waals surface area contributed by atoms with Crippen molar-refractivity contribution in [3.63, 3.8) is 0 Å². The number of fused-ring (bicyclic) bond motifs is 1. The third-order valence-electron chi connectivity index (χ3n) is 5.69. The number of rotatable bonds is 7. The molecule has 6 nitrogen and oxygen atoms in total. The second-order valence-corrected chi connectivity index (χ2v) is 9.24. The molecule has 1 aliphatic carbocycles. The number of pyridine rings is 1. The number of amides is 1. The second kappa shape index (κ2) is 8.91. The Bertz CT molecular complexity index is 937. The molecule has 3 heterocycles. The van der Waals surface area contributed by atoms with E-state index in [9.17, 15) is 18.0 Å². The molecule has 0 aromatic carbocycles. The van der Waals surface area contributed by atoms with Crippen LogP contribution in [0.1, 0.15) is 35.7 Å². The molecule has 0 bridgehead atoms. The van der Waals surface area contributed by atoms with E-state index in [2.05, 4.69) is 22.1 Å². The number of halogens is 3. The number of carbonyl (C=O) groups is 1. The molecule has 2 fully saturated rings. The molecule has 1 amide bonds. The van der Waals surface area contributed by atoms with Gasteiger partial charge in [0.05, 0.1) is 34.1 Å². The van der Waals surface area contributed by atoms with Gasteiger partial charge in [0, 0.05) is 45.2 Å². The van der Waals surface area contributed by atoms with E-state index in [-0.39, 0.29) is 21.6 Å². The summed E-state index contributed by atoms with van der Waals surface area (Å²) in [5, 5.41) is 3.92. The fourth-order valence-electron chi connectivity index (χ4n) is 3.85. The van der Waals surface area contributed by atoms with Gasteiger partial charge >= 0.3 is 6.18 Å². The monoisotopic (exact) mass is 456 g/mol. The molecule has 2 aliphatic rings. The van der Waals surface area contributed by atoms with E-state index < -0.39 is 17.6 Å². The van der Waals surface area contributed by atoms with Crippen LogP contribution in [0.5, 0.6) is 0 Å². The van der Waals surface area contributed by atoms with Gasteiger partial charge in [-0.25, -0.2) is 4.98 Å². The molecule has 1 N–H and O–H groups in total. The zero-order valence-electron chi connectivity index (χ0n) is 17.7. The Kier molecular flexibility index (Phi) is 6.41. The zero-order chi connectivity index (χ0) is 22.2. The zero-order valence-corrected chi connectivity index (χ0v) is 18.5. The quantitative estimate of drug-likeness (QED) is 0.690. The highest BCUT2D eigenvalue weighted by molar-refractivity contribution is 7.17. The van der Waals surface area contributed by atoms with Crippen LogP contribution in [0, 0.1) is 5.92 Å². The van der Waals surface area contributed by atoms with Crippen LogP contribution in [-0.2, 0) is 10.9 Å². The average Bonchev–Trinajstić information content (AvgIpc) is 3.48. The van der Waals surface area contributed by atoms with Gasteiger partial charge in [0.1, 0.15) is 5.82 Å². The first-order valence-electron chi connectivity index (χ1n) is 10.6. The number of aromatic nitrogens is 1. The van der Waals surface area contributed by atoms with E-state index in [1.165, 1.54) is 12.4 Å². The minimum absolute atomic E-state index is 0.00188. The van der Waals surface area contributed by atoms with Crippen LogP contribution in [0.2, 0.25) is 0 Å². The number of nitrogens with zero attached hydrogens (tertiary/aromatic N) is 3. The first kappa shape index (κ1) is 22.3. The van der Waals surface area contributed by atoms with Gasteiger partial charge in [0.2, 0.25) is 0 Å². The molecule has 1 saturated carbocycles. The van der Waals surface area contributed by atoms with Gasteiger partial charge in [-0.15, -0.1) is 11.3 Å². The predicted octanol–water partition coefficient (Wildman–Crippen LogP) is 3.61. The maximum atomic E-state index is 13.7. The molecular formula is C21H27F3N4O2S. The summed E-state index contributed by atoms with van der Waals surface area (Å²) in [6.07, 6.45) is -1.75. The maximum Gasteiger partial charge on any atom is 0.417 e. The molecule has 0 spiro atoms. The van der Waals surface area contributed by atoms with E-state index in [1.54, 1.807) is 0 Å². The molecule has 0 radical (unpaired) electrons. The first-order chi connectivity index (χ1) is 14.8. The number of hydrogen-bond acceptors (Lipinski definition) is 6. The van der Waals surface area contributed by atoms with Gasteiger partial charge in [0.15, 0.2) is 0 Å². The fraction of sp³-hybridized carbons (Fsp3) is 0.619. The summed E-state index contributed by atoms with van der Waals surface area (Å²) in [5.41, 5.74) is -0.443. The van der Waals surface area contributed by atoms with Crippen LogP contribution in [0.3, 0.4) is 0 Å². The Morgan fingerprint density at radius 2 is 2.03 bits per heavy atom. The summed E-state index contributed by atoms with van der Waals surface area (Å²) in [6.45, 7) is 6.50. The van der Waals surface area contributed by atoms with Crippen molar-refractivity contribution in [1.29, 1.82) is 0 Å². The van der Waals surface area contributed by atoms with Crippen LogP contribution in [0.15, 0.2) is 11.4 Å². The molecule has 1 aliphatic heterocycles. The summed E-state index contributed by atoms with van der Waals surface area (Å²) in [5.74, 6) is 0.253. The molecule has 1 saturated heterocycles. The predicted molar refractivity (Wildman–Crippen MR) is 115 cm³/mol. The van der Waals surface area contributed by atoms with Gasteiger partial charge in [-0.2, -0.15) is 13.2 Å². The highest BCUT2D eigenvalue weighted by Crippen LogP contribution is 2.40. The second-order valence-electron chi connectivity index (χ2n) is 8.36. The van der Waals surface area contributed by atoms with Crippen molar-refractivity contribution in [3.8, 4) is 0 Å². The minimum atomic E-state index is -4.51. The number of nitrogens with one attached hydrogen (secondary N) is 1. The van der Waals surface area contributed by atoms with Crippen molar-refractivity contribution >= 4 is 33.3 Å². The Balaban J connectivity index is 1.49. The molecule has 2 aromatic rings. The van der Waals surface area contributed by atoms with Crippen molar-refractivity contribution < 1.29 is 22.7 Å². The number of carbonyl (C=O) groups excluding carboxylic acids is 1. The summed E-state index contributed by atoms with van der Waals surface area (Å²) in [7, 11) is 1.45. The van der Waals surface area contributed by atoms with Crippen molar-refractivity contribution in [3.05, 3.63) is 22.6 Å². The van der Waals surface area contributed by atoms with E-state index >= 15 is 0 Å². The normalized spacial score (nSPS) is 19.1. The molecular weight excluding hydrogens is 429 g/mol. The third kappa shape index (κ3) is 5.12. The van der Waals surface area contributed by atoms with Crippen LogP contribution < -0.4 is 10.2 Å². The number of alkyl halides is 3. The van der Waals surface area contributed by atoms with Crippen LogP contribution in [0.4, 0.5) is 19.0 Å². The van der Waals surface area contributed by atoms with Crippen molar-refractivity contribution in [1.82, 2.24) is 15.2 Å². The number of ether oxygens (including phenoxy) is 1. The van der Waals surface area contributed by atoms with Gasteiger partial charge in [-0.1, -0.05) is 6.92 Å². The van der Waals surface area contributed by atoms with E-state index in [1.807, 2.05) is 4.90 Å². The molecule has 10 heteroatoms. The lowest BCUT2D eigenvalue weighted by atomic mass is 10.1. The highest BCUT2D eigenvalue weighted by atomic mass is 32.1. The lowest BCUT2D eigenvalue weighted by Crippen LogP contribution is -2.48. The maximum absolute atomic E-state index is 13.7. The number of thiophene rings is 1. The van der Waals surface area contributed by atoms with E-state index in [0.717, 1.165) is 56.5 Å². The van der Waals surface area contributed by atoms with Crippen LogP contribution in [-0.4, -0.2) is 68.3 Å². The summed E-state index contributed by atoms with van der Waals surface area (Å²) < 4.78 is 47.0. The van der Waals surface area contributed by atoms with Crippen molar-refractivity contribution in [2.45, 2.75) is 32.0 Å². The Morgan fingerprint density at radius 3 is 2.65 bits per heavy atom. The Hall–Kier alpha value is -1.91. The molecule has 1 atom stereocenters. The number of hydrogen-bond donors (Lipinski definition) is 1. The average molecular weight is 457 g/mol. The molecule has 4 rings (SSSR count). The molecule has 0 unspecified atom stereocenters. The van der Waals surface area contributed by atoms with Crippen molar-refractivity contribution in [2.75, 3.05) is 51.3 Å². The summed E-state index contributed by atoms with van der Waals surface area (Å²) in [6, 6.07) is 1.12. The molecule has 2 aromatic heterocycles. The lowest BCUT2D eigenvalue weighted by Gasteiger charge is -2.36. The molecule has 170 valence electrons. The van der Waals surface area contributed by atoms with Gasteiger partial charge in [-0.05, 0) is 24.8 Å². The first-order valence-corrected chi connectivity index (χ1v) is 11.4. The fourth-order valence-corrected chi connectivity index (χ4v) is 4.87. The third-order valence-corrected chi connectivity index (χ3v) is 6.70. The largest absolute Gasteiger partial charge is 0.417 e. The van der Waals surface area contributed by atoms with Crippen LogP contribution in [0.25, 0.3) is 10.2 Å². The minimum Gasteiger partial charge on any atom is -0.378 e. The van der Waals surface area contributed by atoms with Crippen molar-refractivity contribution in [2.24, 2.45) is 5.92 Å². The summed E-state index contributed by atoms with van der Waals surface area (Å²) >= 11 is 0.903. The lowest BCUT2D eigenvalue weighted by molar-refractivity contribution is -0.136. The van der Waals surface area contributed by atoms with Gasteiger partial charge < -0.3 is 15.0 Å². The number of piperazine rings is 1.